The van der Waals surface area contributed by atoms with Crippen LogP contribution in [0.4, 0.5) is 5.69 Å². The van der Waals surface area contributed by atoms with Gasteiger partial charge in [0.1, 0.15) is 5.76 Å². The summed E-state index contributed by atoms with van der Waals surface area (Å²) in [5.41, 5.74) is 2.74. The van der Waals surface area contributed by atoms with Gasteiger partial charge in [-0.2, -0.15) is 0 Å². The maximum Gasteiger partial charge on any atom is 0.331 e. The number of furan rings is 1. The highest BCUT2D eigenvalue weighted by molar-refractivity contribution is 7.89. The van der Waals surface area contributed by atoms with Crippen LogP contribution in [0, 0.1) is 6.92 Å². The van der Waals surface area contributed by atoms with Crippen LogP contribution in [0.3, 0.4) is 0 Å². The van der Waals surface area contributed by atoms with E-state index in [2.05, 4.69) is 10.0 Å². The number of anilines is 1. The predicted molar refractivity (Wildman–Crippen MR) is 143 cm³/mol. The third-order valence-electron chi connectivity index (χ3n) is 5.51. The highest BCUT2D eigenvalue weighted by atomic mass is 32.2. The number of hydrogen-bond acceptors (Lipinski definition) is 6. The normalized spacial score (nSPS) is 12.2. The zero-order valence-corrected chi connectivity index (χ0v) is 21.4. The number of carbonyl (C=O) groups excluding carboxylic acids is 2. The average Bonchev–Trinajstić information content (AvgIpc) is 3.45. The maximum absolute atomic E-state index is 13.0. The number of nitrogens with one attached hydrogen (secondary N) is 2. The molecule has 0 aliphatic rings. The highest BCUT2D eigenvalue weighted by Crippen LogP contribution is 2.21. The molecule has 1 amide bonds. The Morgan fingerprint density at radius 2 is 1.63 bits per heavy atom. The Kier molecular flexibility index (Phi) is 8.52. The molecule has 0 saturated heterocycles. The van der Waals surface area contributed by atoms with Gasteiger partial charge in [-0.1, -0.05) is 60.2 Å². The lowest BCUT2D eigenvalue weighted by atomic mass is 10.1. The number of esters is 1. The van der Waals surface area contributed by atoms with Crippen molar-refractivity contribution in [3.05, 3.63) is 126 Å². The van der Waals surface area contributed by atoms with Crippen LogP contribution in [0.1, 0.15) is 28.6 Å². The second-order valence-corrected chi connectivity index (χ2v) is 10.2. The molecule has 2 N–H and O–H groups in total. The second kappa shape index (κ2) is 12.2. The van der Waals surface area contributed by atoms with E-state index in [9.17, 15) is 18.0 Å². The lowest BCUT2D eigenvalue weighted by Crippen LogP contribution is -2.25. The minimum atomic E-state index is -3.74. The molecule has 0 aliphatic carbocycles. The molecular formula is C29H26N2O6S. The molecule has 9 heteroatoms. The van der Waals surface area contributed by atoms with Crippen molar-refractivity contribution in [1.82, 2.24) is 4.72 Å². The molecule has 4 aromatic rings. The monoisotopic (exact) mass is 530 g/mol. The van der Waals surface area contributed by atoms with Crippen LogP contribution in [0.15, 0.2) is 113 Å². The van der Waals surface area contributed by atoms with Crippen LogP contribution in [0.25, 0.3) is 6.08 Å². The van der Waals surface area contributed by atoms with Gasteiger partial charge in [0.2, 0.25) is 16.1 Å². The van der Waals surface area contributed by atoms with E-state index < -0.39 is 28.0 Å². The standard InChI is InChI=1S/C29H26N2O6S/c1-21-9-14-24(15-10-21)31-29(33)28(23-6-3-2-4-7-23)37-27(32)18-13-22-11-16-26(17-12-22)38(34,35)30-20-25-8-5-19-36-25/h2-19,28,30H,20H2,1H3,(H,31,33)/b18-13+. The van der Waals surface area contributed by atoms with Crippen LogP contribution in [-0.2, 0) is 30.9 Å². The van der Waals surface area contributed by atoms with Gasteiger partial charge in [0, 0.05) is 17.3 Å². The number of amides is 1. The van der Waals surface area contributed by atoms with Gasteiger partial charge in [0.15, 0.2) is 0 Å². The van der Waals surface area contributed by atoms with Crippen molar-refractivity contribution < 1.29 is 27.2 Å². The zero-order valence-electron chi connectivity index (χ0n) is 20.5. The SMILES string of the molecule is Cc1ccc(NC(=O)C(OC(=O)/C=C/c2ccc(S(=O)(=O)NCc3ccco3)cc2)c2ccccc2)cc1. The van der Waals surface area contributed by atoms with Gasteiger partial charge in [-0.25, -0.2) is 17.9 Å². The largest absolute Gasteiger partial charge is 0.468 e. The van der Waals surface area contributed by atoms with Gasteiger partial charge >= 0.3 is 5.97 Å². The Hall–Kier alpha value is -4.47. The quantitative estimate of drug-likeness (QED) is 0.220. The summed E-state index contributed by atoms with van der Waals surface area (Å²) < 4.78 is 38.1. The Balaban J connectivity index is 1.41. The first kappa shape index (κ1) is 26.6. The number of benzene rings is 3. The molecule has 0 radical (unpaired) electrons. The third kappa shape index (κ3) is 7.28. The molecule has 1 aromatic heterocycles. The molecule has 0 saturated carbocycles. The smallest absolute Gasteiger partial charge is 0.331 e. The van der Waals surface area contributed by atoms with Gasteiger partial charge in [-0.15, -0.1) is 0 Å². The van der Waals surface area contributed by atoms with Gasteiger partial charge in [-0.3, -0.25) is 4.79 Å². The third-order valence-corrected chi connectivity index (χ3v) is 6.93. The average molecular weight is 531 g/mol. The van der Waals surface area contributed by atoms with Crippen LogP contribution in [0.2, 0.25) is 0 Å². The topological polar surface area (TPSA) is 115 Å². The second-order valence-electron chi connectivity index (χ2n) is 8.39. The molecule has 8 nitrogen and oxygen atoms in total. The fourth-order valence-corrected chi connectivity index (χ4v) is 4.48. The molecule has 38 heavy (non-hydrogen) atoms. The van der Waals surface area contributed by atoms with Crippen LogP contribution < -0.4 is 10.0 Å². The van der Waals surface area contributed by atoms with Gasteiger partial charge < -0.3 is 14.5 Å². The van der Waals surface area contributed by atoms with E-state index in [-0.39, 0.29) is 11.4 Å². The Labute approximate surface area is 221 Å². The molecule has 3 aromatic carbocycles. The van der Waals surface area contributed by atoms with E-state index in [4.69, 9.17) is 9.15 Å². The van der Waals surface area contributed by atoms with Crippen molar-refractivity contribution in [2.75, 3.05) is 5.32 Å². The fraction of sp³-hybridized carbons (Fsp3) is 0.103. The molecule has 0 aliphatic heterocycles. The first-order valence-corrected chi connectivity index (χ1v) is 13.2. The molecule has 1 unspecified atom stereocenters. The number of hydrogen-bond donors (Lipinski definition) is 2. The van der Waals surface area contributed by atoms with Crippen molar-refractivity contribution in [1.29, 1.82) is 0 Å². The minimum absolute atomic E-state index is 0.0307. The van der Waals surface area contributed by atoms with E-state index in [1.807, 2.05) is 19.1 Å². The summed E-state index contributed by atoms with van der Waals surface area (Å²) >= 11 is 0. The minimum Gasteiger partial charge on any atom is -0.468 e. The molecule has 0 bridgehead atoms. The Morgan fingerprint density at radius 3 is 2.29 bits per heavy atom. The van der Waals surface area contributed by atoms with Gasteiger partial charge in [-0.05, 0) is 55.0 Å². The molecule has 1 heterocycles. The number of carbonyl (C=O) groups is 2. The van der Waals surface area contributed by atoms with Gasteiger partial charge in [0.05, 0.1) is 17.7 Å². The summed E-state index contributed by atoms with van der Waals surface area (Å²) in [6.07, 6.45) is 2.97. The van der Waals surface area contributed by atoms with Crippen molar-refractivity contribution in [3.8, 4) is 0 Å². The van der Waals surface area contributed by atoms with Crippen LogP contribution in [-0.4, -0.2) is 20.3 Å². The lowest BCUT2D eigenvalue weighted by Gasteiger charge is -2.17. The van der Waals surface area contributed by atoms with Crippen LogP contribution >= 0.6 is 0 Å². The lowest BCUT2D eigenvalue weighted by molar-refractivity contribution is -0.149. The van der Waals surface area contributed by atoms with Crippen molar-refractivity contribution in [2.45, 2.75) is 24.5 Å². The van der Waals surface area contributed by atoms with Crippen molar-refractivity contribution >= 4 is 33.7 Å². The molecule has 4 rings (SSSR count). The summed E-state index contributed by atoms with van der Waals surface area (Å²) in [7, 11) is -3.74. The summed E-state index contributed by atoms with van der Waals surface area (Å²) in [5, 5.41) is 2.78. The molecular weight excluding hydrogens is 504 g/mol. The number of aryl methyl sites for hydroxylation is 1. The van der Waals surface area contributed by atoms with E-state index in [1.54, 1.807) is 66.7 Å². The van der Waals surface area contributed by atoms with E-state index in [0.717, 1.165) is 5.56 Å². The summed E-state index contributed by atoms with van der Waals surface area (Å²) in [4.78, 5) is 25.7. The molecule has 1 atom stereocenters. The van der Waals surface area contributed by atoms with E-state index in [0.29, 0.717) is 22.6 Å². The van der Waals surface area contributed by atoms with E-state index in [1.165, 1.54) is 30.5 Å². The Morgan fingerprint density at radius 1 is 0.921 bits per heavy atom. The molecule has 194 valence electrons. The van der Waals surface area contributed by atoms with Crippen molar-refractivity contribution in [3.63, 3.8) is 0 Å². The number of ether oxygens (including phenoxy) is 1. The van der Waals surface area contributed by atoms with Crippen LogP contribution in [0.5, 0.6) is 0 Å². The molecule has 0 fully saturated rings. The first-order valence-electron chi connectivity index (χ1n) is 11.7. The predicted octanol–water partition coefficient (Wildman–Crippen LogP) is 5.00. The number of rotatable bonds is 10. The summed E-state index contributed by atoms with van der Waals surface area (Å²) in [6.45, 7) is 1.97. The highest BCUT2D eigenvalue weighted by Gasteiger charge is 2.24. The Bertz CT molecular complexity index is 1500. The first-order chi connectivity index (χ1) is 18.3. The summed E-state index contributed by atoms with van der Waals surface area (Å²) in [6, 6.07) is 25.3. The van der Waals surface area contributed by atoms with Crippen molar-refractivity contribution in [2.24, 2.45) is 0 Å². The zero-order chi connectivity index (χ0) is 27.0. The fourth-order valence-electron chi connectivity index (χ4n) is 3.49. The summed E-state index contributed by atoms with van der Waals surface area (Å²) in [5.74, 6) is -0.721. The number of sulfonamides is 1. The van der Waals surface area contributed by atoms with E-state index >= 15 is 0 Å². The van der Waals surface area contributed by atoms with Gasteiger partial charge in [0.25, 0.3) is 5.91 Å². The molecule has 0 spiro atoms. The maximum atomic E-state index is 13.0.